The highest BCUT2D eigenvalue weighted by Crippen LogP contribution is 2.46. The SMILES string of the molecule is CC1=CC2=C(COC2=O)C(=O)[C@@H]2CC(C)(C)C=C12. The van der Waals surface area contributed by atoms with Crippen LogP contribution in [0.3, 0.4) is 0 Å². The van der Waals surface area contributed by atoms with Gasteiger partial charge in [-0.15, -0.1) is 0 Å². The van der Waals surface area contributed by atoms with Crippen molar-refractivity contribution in [2.24, 2.45) is 11.3 Å². The molecule has 3 heteroatoms. The Balaban J connectivity index is 2.14. The quantitative estimate of drug-likeness (QED) is 0.614. The maximum absolute atomic E-state index is 12.5. The summed E-state index contributed by atoms with van der Waals surface area (Å²) < 4.78 is 4.98. The lowest BCUT2D eigenvalue weighted by Gasteiger charge is -2.17. The zero-order chi connectivity index (χ0) is 13.1. The number of ketones is 1. The van der Waals surface area contributed by atoms with Crippen molar-refractivity contribution in [2.45, 2.75) is 27.2 Å². The molecule has 2 aliphatic carbocycles. The lowest BCUT2D eigenvalue weighted by Crippen LogP contribution is -2.19. The topological polar surface area (TPSA) is 43.4 Å². The van der Waals surface area contributed by atoms with Gasteiger partial charge in [-0.05, 0) is 36.0 Å². The van der Waals surface area contributed by atoms with E-state index in [0.29, 0.717) is 11.1 Å². The summed E-state index contributed by atoms with van der Waals surface area (Å²) in [6.45, 7) is 6.39. The summed E-state index contributed by atoms with van der Waals surface area (Å²) in [5.74, 6) is -0.392. The predicted molar refractivity (Wildman–Crippen MR) is 66.7 cm³/mol. The molecule has 0 saturated heterocycles. The molecule has 94 valence electrons. The second kappa shape index (κ2) is 3.44. The van der Waals surface area contributed by atoms with Gasteiger partial charge in [0.1, 0.15) is 6.61 Å². The van der Waals surface area contributed by atoms with Gasteiger partial charge >= 0.3 is 5.97 Å². The van der Waals surface area contributed by atoms with Gasteiger partial charge in [0.05, 0.1) is 5.57 Å². The van der Waals surface area contributed by atoms with Gasteiger partial charge in [0, 0.05) is 11.5 Å². The van der Waals surface area contributed by atoms with E-state index in [1.165, 1.54) is 0 Å². The number of carbonyl (C=O) groups excluding carboxylic acids is 2. The molecule has 18 heavy (non-hydrogen) atoms. The third kappa shape index (κ3) is 1.50. The molecule has 0 bridgehead atoms. The van der Waals surface area contributed by atoms with Crippen LogP contribution in [0.25, 0.3) is 0 Å². The number of Topliss-reactive ketones (excluding diaryl/α,β-unsaturated/α-hetero) is 1. The molecule has 0 saturated carbocycles. The predicted octanol–water partition coefficient (Wildman–Crippen LogP) is 2.34. The molecule has 0 N–H and O–H groups in total. The first-order chi connectivity index (χ1) is 8.39. The van der Waals surface area contributed by atoms with E-state index in [1.54, 1.807) is 0 Å². The highest BCUT2D eigenvalue weighted by Gasteiger charge is 2.42. The largest absolute Gasteiger partial charge is 0.457 e. The molecule has 1 aliphatic heterocycles. The number of hydrogen-bond donors (Lipinski definition) is 0. The molecule has 0 aromatic rings. The molecule has 0 aromatic carbocycles. The molecule has 3 aliphatic rings. The van der Waals surface area contributed by atoms with Crippen LogP contribution in [0.1, 0.15) is 27.2 Å². The second-order valence-electron chi connectivity index (χ2n) is 6.00. The average Bonchev–Trinajstić information content (AvgIpc) is 2.77. The third-order valence-corrected chi connectivity index (χ3v) is 3.97. The maximum Gasteiger partial charge on any atom is 0.339 e. The Kier molecular flexibility index (Phi) is 2.19. The lowest BCUT2D eigenvalue weighted by molar-refractivity contribution is -0.135. The summed E-state index contributed by atoms with van der Waals surface area (Å²) in [4.78, 5) is 24.1. The van der Waals surface area contributed by atoms with Crippen LogP contribution in [0.15, 0.2) is 34.4 Å². The summed E-state index contributed by atoms with van der Waals surface area (Å²) in [5.41, 5.74) is 3.18. The van der Waals surface area contributed by atoms with Crippen LogP contribution in [0.5, 0.6) is 0 Å². The van der Waals surface area contributed by atoms with E-state index in [0.717, 1.165) is 17.6 Å². The van der Waals surface area contributed by atoms with Crippen LogP contribution in [0, 0.1) is 11.3 Å². The Morgan fingerprint density at radius 3 is 2.78 bits per heavy atom. The van der Waals surface area contributed by atoms with Gasteiger partial charge < -0.3 is 4.74 Å². The van der Waals surface area contributed by atoms with Gasteiger partial charge in [0.2, 0.25) is 0 Å². The molecule has 0 aromatic heterocycles. The molecule has 0 radical (unpaired) electrons. The summed E-state index contributed by atoms with van der Waals surface area (Å²) >= 11 is 0. The molecular weight excluding hydrogens is 228 g/mol. The number of esters is 1. The summed E-state index contributed by atoms with van der Waals surface area (Å²) in [6.07, 6.45) is 4.81. The number of rotatable bonds is 0. The first kappa shape index (κ1) is 11.5. The zero-order valence-electron chi connectivity index (χ0n) is 10.9. The Labute approximate surface area is 106 Å². The number of hydrogen-bond acceptors (Lipinski definition) is 3. The minimum Gasteiger partial charge on any atom is -0.457 e. The number of fused-ring (bicyclic) bond motifs is 1. The zero-order valence-corrected chi connectivity index (χ0v) is 10.9. The minimum atomic E-state index is -0.363. The number of allylic oxidation sites excluding steroid dienone is 3. The molecule has 3 nitrogen and oxygen atoms in total. The van der Waals surface area contributed by atoms with Crippen LogP contribution in [0.2, 0.25) is 0 Å². The van der Waals surface area contributed by atoms with Crippen molar-refractivity contribution in [2.75, 3.05) is 6.61 Å². The average molecular weight is 244 g/mol. The van der Waals surface area contributed by atoms with Crippen molar-refractivity contribution in [3.8, 4) is 0 Å². The Bertz CT molecular complexity index is 558. The van der Waals surface area contributed by atoms with Crippen molar-refractivity contribution >= 4 is 11.8 Å². The normalized spacial score (nSPS) is 29.4. The molecule has 3 rings (SSSR count). The van der Waals surface area contributed by atoms with Crippen molar-refractivity contribution in [3.63, 3.8) is 0 Å². The fraction of sp³-hybridized carbons (Fsp3) is 0.467. The first-order valence-electron chi connectivity index (χ1n) is 6.25. The molecule has 1 atom stereocenters. The van der Waals surface area contributed by atoms with Gasteiger partial charge in [-0.2, -0.15) is 0 Å². The Hall–Kier alpha value is -1.64. The summed E-state index contributed by atoms with van der Waals surface area (Å²) in [6, 6.07) is 0. The smallest absolute Gasteiger partial charge is 0.339 e. The molecule has 0 amide bonds. The van der Waals surface area contributed by atoms with E-state index in [4.69, 9.17) is 4.74 Å². The van der Waals surface area contributed by atoms with E-state index in [-0.39, 0.29) is 29.7 Å². The van der Waals surface area contributed by atoms with Crippen LogP contribution < -0.4 is 0 Å². The lowest BCUT2D eigenvalue weighted by atomic mass is 9.85. The van der Waals surface area contributed by atoms with E-state index >= 15 is 0 Å². The summed E-state index contributed by atoms with van der Waals surface area (Å²) in [5, 5.41) is 0. The second-order valence-corrected chi connectivity index (χ2v) is 6.00. The van der Waals surface area contributed by atoms with Gasteiger partial charge in [0.25, 0.3) is 0 Å². The number of cyclic esters (lactones) is 1. The molecule has 0 fully saturated rings. The molecular formula is C15H16O3. The molecule has 1 heterocycles. The van der Waals surface area contributed by atoms with Gasteiger partial charge in [-0.1, -0.05) is 19.9 Å². The highest BCUT2D eigenvalue weighted by atomic mass is 16.5. The van der Waals surface area contributed by atoms with E-state index in [9.17, 15) is 9.59 Å². The van der Waals surface area contributed by atoms with Gasteiger partial charge in [0.15, 0.2) is 5.78 Å². The van der Waals surface area contributed by atoms with Crippen LogP contribution >= 0.6 is 0 Å². The number of carbonyl (C=O) groups is 2. The van der Waals surface area contributed by atoms with E-state index in [1.807, 2.05) is 13.0 Å². The monoisotopic (exact) mass is 244 g/mol. The fourth-order valence-electron chi connectivity index (χ4n) is 3.12. The molecule has 0 spiro atoms. The highest BCUT2D eigenvalue weighted by molar-refractivity contribution is 6.11. The van der Waals surface area contributed by atoms with Crippen molar-refractivity contribution in [1.82, 2.24) is 0 Å². The van der Waals surface area contributed by atoms with E-state index < -0.39 is 0 Å². The van der Waals surface area contributed by atoms with Crippen molar-refractivity contribution in [3.05, 3.63) is 34.4 Å². The first-order valence-corrected chi connectivity index (χ1v) is 6.25. The molecule has 0 unspecified atom stereocenters. The van der Waals surface area contributed by atoms with E-state index in [2.05, 4.69) is 19.9 Å². The minimum absolute atomic E-state index is 0.0479. The van der Waals surface area contributed by atoms with Crippen molar-refractivity contribution in [1.29, 1.82) is 0 Å². The van der Waals surface area contributed by atoms with Crippen LogP contribution in [0.4, 0.5) is 0 Å². The van der Waals surface area contributed by atoms with Gasteiger partial charge in [-0.3, -0.25) is 4.79 Å². The maximum atomic E-state index is 12.5. The van der Waals surface area contributed by atoms with Crippen LogP contribution in [-0.2, 0) is 14.3 Å². The number of ether oxygens (including phenoxy) is 1. The Morgan fingerprint density at radius 2 is 2.06 bits per heavy atom. The Morgan fingerprint density at radius 1 is 1.33 bits per heavy atom. The summed E-state index contributed by atoms with van der Waals surface area (Å²) in [7, 11) is 0. The standard InChI is InChI=1S/C15H16O3/c1-8-4-9-12(7-18-14(9)17)13(16)11-6-15(2,3)5-10(8)11/h4-5,11H,6-7H2,1-3H3/t11-/m1/s1. The fourth-order valence-corrected chi connectivity index (χ4v) is 3.12. The third-order valence-electron chi connectivity index (χ3n) is 3.97. The van der Waals surface area contributed by atoms with Crippen LogP contribution in [-0.4, -0.2) is 18.4 Å². The van der Waals surface area contributed by atoms with Crippen molar-refractivity contribution < 1.29 is 14.3 Å². The van der Waals surface area contributed by atoms with Gasteiger partial charge in [-0.25, -0.2) is 4.79 Å².